The fraction of sp³-hybridized carbons (Fsp3) is 0.312. The Labute approximate surface area is 128 Å². The first kappa shape index (κ1) is 14.3. The zero-order valence-corrected chi connectivity index (χ0v) is 12.8. The number of hydrogen-bond donors (Lipinski definition) is 2. The summed E-state index contributed by atoms with van der Waals surface area (Å²) in [6, 6.07) is 9.66. The van der Waals surface area contributed by atoms with Crippen molar-refractivity contribution >= 4 is 16.8 Å². The van der Waals surface area contributed by atoms with Crippen molar-refractivity contribution < 1.29 is 4.79 Å². The highest BCUT2D eigenvalue weighted by molar-refractivity contribution is 6.04. The summed E-state index contributed by atoms with van der Waals surface area (Å²) in [4.78, 5) is 12.2. The Morgan fingerprint density at radius 2 is 2.14 bits per heavy atom. The van der Waals surface area contributed by atoms with Crippen LogP contribution in [0.5, 0.6) is 0 Å². The summed E-state index contributed by atoms with van der Waals surface area (Å²) in [6.45, 7) is 5.40. The molecule has 2 heterocycles. The lowest BCUT2D eigenvalue weighted by molar-refractivity contribution is 0.0949. The molecule has 114 valence electrons. The van der Waals surface area contributed by atoms with Crippen LogP contribution in [0.4, 0.5) is 0 Å². The SMILES string of the molecule is Cc1cc(C)n(CCCNC(=O)c2n[nH]c3ccccc23)n1. The molecule has 3 rings (SSSR count). The molecule has 1 amide bonds. The van der Waals surface area contributed by atoms with E-state index in [9.17, 15) is 4.79 Å². The smallest absolute Gasteiger partial charge is 0.272 e. The van der Waals surface area contributed by atoms with Gasteiger partial charge in [-0.25, -0.2) is 0 Å². The first-order valence-electron chi connectivity index (χ1n) is 7.37. The molecule has 0 saturated heterocycles. The van der Waals surface area contributed by atoms with Crippen LogP contribution in [0.1, 0.15) is 28.3 Å². The minimum Gasteiger partial charge on any atom is -0.351 e. The summed E-state index contributed by atoms with van der Waals surface area (Å²) in [6.07, 6.45) is 0.829. The number of aromatic nitrogens is 4. The van der Waals surface area contributed by atoms with Crippen molar-refractivity contribution in [1.82, 2.24) is 25.3 Å². The molecule has 0 spiro atoms. The number of aromatic amines is 1. The van der Waals surface area contributed by atoms with E-state index in [4.69, 9.17) is 0 Å². The lowest BCUT2D eigenvalue weighted by Crippen LogP contribution is -2.26. The normalized spacial score (nSPS) is 11.0. The van der Waals surface area contributed by atoms with Gasteiger partial charge in [0, 0.05) is 24.2 Å². The molecular weight excluding hydrogens is 278 g/mol. The Bertz CT molecular complexity index is 802. The second-order valence-corrected chi connectivity index (χ2v) is 5.38. The average Bonchev–Trinajstić information content (AvgIpc) is 3.06. The first-order valence-corrected chi connectivity index (χ1v) is 7.37. The van der Waals surface area contributed by atoms with E-state index in [1.165, 1.54) is 0 Å². The number of para-hydroxylation sites is 1. The average molecular weight is 297 g/mol. The van der Waals surface area contributed by atoms with E-state index >= 15 is 0 Å². The molecule has 6 nitrogen and oxygen atoms in total. The summed E-state index contributed by atoms with van der Waals surface area (Å²) in [5, 5.41) is 15.1. The topological polar surface area (TPSA) is 75.6 Å². The molecule has 2 aromatic heterocycles. The van der Waals surface area contributed by atoms with Gasteiger partial charge in [0.15, 0.2) is 5.69 Å². The van der Waals surface area contributed by atoms with Crippen molar-refractivity contribution in [2.75, 3.05) is 6.54 Å². The maximum Gasteiger partial charge on any atom is 0.272 e. The third-order valence-corrected chi connectivity index (χ3v) is 3.62. The Hall–Kier alpha value is -2.63. The van der Waals surface area contributed by atoms with Crippen LogP contribution in [-0.2, 0) is 6.54 Å². The molecule has 6 heteroatoms. The van der Waals surface area contributed by atoms with Gasteiger partial charge in [0.1, 0.15) is 0 Å². The molecule has 0 aliphatic carbocycles. The van der Waals surface area contributed by atoms with Gasteiger partial charge in [-0.05, 0) is 32.4 Å². The number of rotatable bonds is 5. The van der Waals surface area contributed by atoms with Crippen molar-refractivity contribution in [3.8, 4) is 0 Å². The molecule has 0 saturated carbocycles. The molecule has 3 aromatic rings. The summed E-state index contributed by atoms with van der Waals surface area (Å²) < 4.78 is 1.96. The number of carbonyl (C=O) groups is 1. The fourth-order valence-electron chi connectivity index (χ4n) is 2.55. The number of carbonyl (C=O) groups excluding carboxylic acids is 1. The zero-order valence-electron chi connectivity index (χ0n) is 12.8. The largest absolute Gasteiger partial charge is 0.351 e. The van der Waals surface area contributed by atoms with Crippen LogP contribution in [0.25, 0.3) is 10.9 Å². The third kappa shape index (κ3) is 2.86. The van der Waals surface area contributed by atoms with Crippen molar-refractivity contribution in [2.45, 2.75) is 26.8 Å². The number of fused-ring (bicyclic) bond motifs is 1. The number of nitrogens with zero attached hydrogens (tertiary/aromatic N) is 3. The number of amides is 1. The predicted molar refractivity (Wildman–Crippen MR) is 84.7 cm³/mol. The minimum atomic E-state index is -0.147. The molecule has 0 fully saturated rings. The highest BCUT2D eigenvalue weighted by atomic mass is 16.1. The molecule has 0 bridgehead atoms. The van der Waals surface area contributed by atoms with Gasteiger partial charge in [-0.3, -0.25) is 14.6 Å². The Kier molecular flexibility index (Phi) is 3.91. The number of hydrogen-bond acceptors (Lipinski definition) is 3. The minimum absolute atomic E-state index is 0.147. The molecule has 0 atom stereocenters. The molecule has 0 aliphatic rings. The van der Waals surface area contributed by atoms with Gasteiger partial charge < -0.3 is 5.32 Å². The number of benzene rings is 1. The van der Waals surface area contributed by atoms with E-state index in [1.54, 1.807) is 0 Å². The Morgan fingerprint density at radius 1 is 1.32 bits per heavy atom. The maximum absolute atomic E-state index is 12.2. The fourth-order valence-corrected chi connectivity index (χ4v) is 2.55. The first-order chi connectivity index (χ1) is 10.6. The summed E-state index contributed by atoms with van der Waals surface area (Å²) in [5.74, 6) is -0.147. The second kappa shape index (κ2) is 6.01. The van der Waals surface area contributed by atoms with Gasteiger partial charge in [-0.15, -0.1) is 0 Å². The molecule has 2 N–H and O–H groups in total. The summed E-state index contributed by atoms with van der Waals surface area (Å²) in [7, 11) is 0. The van der Waals surface area contributed by atoms with E-state index in [0.29, 0.717) is 12.2 Å². The van der Waals surface area contributed by atoms with Crippen LogP contribution < -0.4 is 5.32 Å². The summed E-state index contributed by atoms with van der Waals surface area (Å²) in [5.41, 5.74) is 3.48. The van der Waals surface area contributed by atoms with Crippen molar-refractivity contribution in [3.05, 3.63) is 47.4 Å². The lowest BCUT2D eigenvalue weighted by Gasteiger charge is -2.05. The van der Waals surface area contributed by atoms with Crippen LogP contribution in [-0.4, -0.2) is 32.4 Å². The van der Waals surface area contributed by atoms with Crippen LogP contribution in [0.3, 0.4) is 0 Å². The maximum atomic E-state index is 12.2. The predicted octanol–water partition coefficient (Wildman–Crippen LogP) is 2.20. The second-order valence-electron chi connectivity index (χ2n) is 5.38. The monoisotopic (exact) mass is 297 g/mol. The van der Waals surface area contributed by atoms with Crippen LogP contribution >= 0.6 is 0 Å². The quantitative estimate of drug-likeness (QED) is 0.709. The summed E-state index contributed by atoms with van der Waals surface area (Å²) >= 11 is 0. The Morgan fingerprint density at radius 3 is 2.91 bits per heavy atom. The van der Waals surface area contributed by atoms with Gasteiger partial charge in [-0.1, -0.05) is 18.2 Å². The van der Waals surface area contributed by atoms with Gasteiger partial charge in [0.25, 0.3) is 5.91 Å². The van der Waals surface area contributed by atoms with Gasteiger partial charge in [-0.2, -0.15) is 10.2 Å². The van der Waals surface area contributed by atoms with E-state index in [0.717, 1.165) is 35.3 Å². The molecule has 22 heavy (non-hydrogen) atoms. The van der Waals surface area contributed by atoms with Crippen LogP contribution in [0.2, 0.25) is 0 Å². The van der Waals surface area contributed by atoms with E-state index in [-0.39, 0.29) is 5.91 Å². The van der Waals surface area contributed by atoms with E-state index in [2.05, 4.69) is 26.7 Å². The van der Waals surface area contributed by atoms with Gasteiger partial charge >= 0.3 is 0 Å². The van der Waals surface area contributed by atoms with Crippen molar-refractivity contribution in [2.24, 2.45) is 0 Å². The van der Waals surface area contributed by atoms with E-state index < -0.39 is 0 Å². The number of H-pyrrole nitrogens is 1. The molecular formula is C16H19N5O. The van der Waals surface area contributed by atoms with Crippen LogP contribution in [0, 0.1) is 13.8 Å². The van der Waals surface area contributed by atoms with E-state index in [1.807, 2.05) is 42.8 Å². The van der Waals surface area contributed by atoms with Gasteiger partial charge in [0.2, 0.25) is 0 Å². The number of aryl methyl sites for hydroxylation is 3. The van der Waals surface area contributed by atoms with Crippen molar-refractivity contribution in [3.63, 3.8) is 0 Å². The highest BCUT2D eigenvalue weighted by Gasteiger charge is 2.12. The third-order valence-electron chi connectivity index (χ3n) is 3.62. The van der Waals surface area contributed by atoms with Gasteiger partial charge in [0.05, 0.1) is 11.2 Å². The standard InChI is InChI=1S/C16H19N5O/c1-11-10-12(2)21(20-11)9-5-8-17-16(22)15-13-6-3-4-7-14(13)18-19-15/h3-4,6-7,10H,5,8-9H2,1-2H3,(H,17,22)(H,18,19). The lowest BCUT2D eigenvalue weighted by atomic mass is 10.2. The molecule has 0 aliphatic heterocycles. The molecule has 0 radical (unpaired) electrons. The zero-order chi connectivity index (χ0) is 15.5. The Balaban J connectivity index is 1.55. The highest BCUT2D eigenvalue weighted by Crippen LogP contribution is 2.14. The molecule has 1 aromatic carbocycles. The van der Waals surface area contributed by atoms with Crippen molar-refractivity contribution in [1.29, 1.82) is 0 Å². The number of nitrogens with one attached hydrogen (secondary N) is 2. The van der Waals surface area contributed by atoms with Crippen LogP contribution in [0.15, 0.2) is 30.3 Å². The molecule has 0 unspecified atom stereocenters.